The van der Waals surface area contributed by atoms with E-state index in [0.29, 0.717) is 6.61 Å². The molecule has 0 aromatic heterocycles. The first kappa shape index (κ1) is 20.6. The molecule has 0 saturated carbocycles. The Balaban J connectivity index is 1.47. The minimum absolute atomic E-state index is 0.120. The number of piperazine rings is 1. The molecule has 2 aliphatic rings. The van der Waals surface area contributed by atoms with Crippen molar-refractivity contribution < 1.29 is 9.53 Å². The summed E-state index contributed by atoms with van der Waals surface area (Å²) >= 11 is 0. The van der Waals surface area contributed by atoms with Crippen molar-refractivity contribution in [1.29, 1.82) is 0 Å². The lowest BCUT2D eigenvalue weighted by atomic mass is 9.86. The Morgan fingerprint density at radius 2 is 1.86 bits per heavy atom. The van der Waals surface area contributed by atoms with Crippen LogP contribution >= 0.6 is 0 Å². The summed E-state index contributed by atoms with van der Waals surface area (Å²) in [5.74, 6) is 1.08. The number of carbonyl (C=O) groups is 1. The molecule has 1 unspecified atom stereocenters. The predicted octanol–water partition coefficient (Wildman–Crippen LogP) is 2.15. The molecule has 0 radical (unpaired) electrons. The van der Waals surface area contributed by atoms with Gasteiger partial charge in [-0.1, -0.05) is 44.2 Å². The molecule has 3 rings (SSSR count). The van der Waals surface area contributed by atoms with Gasteiger partial charge in [0.1, 0.15) is 6.10 Å². The van der Waals surface area contributed by atoms with Crippen molar-refractivity contribution in [2.24, 2.45) is 10.4 Å². The number of guanidine groups is 1. The van der Waals surface area contributed by atoms with Crippen LogP contribution in [0.4, 0.5) is 0 Å². The second kappa shape index (κ2) is 9.41. The van der Waals surface area contributed by atoms with Crippen LogP contribution in [0, 0.1) is 5.41 Å². The zero-order chi connectivity index (χ0) is 20.0. The topological polar surface area (TPSA) is 57.2 Å². The van der Waals surface area contributed by atoms with Crippen molar-refractivity contribution in [2.45, 2.75) is 39.2 Å². The van der Waals surface area contributed by atoms with Gasteiger partial charge < -0.3 is 19.9 Å². The molecule has 0 aliphatic carbocycles. The van der Waals surface area contributed by atoms with E-state index in [1.807, 2.05) is 11.9 Å². The monoisotopic (exact) mass is 386 g/mol. The van der Waals surface area contributed by atoms with Crippen molar-refractivity contribution >= 4 is 11.9 Å². The van der Waals surface area contributed by atoms with Crippen LogP contribution in [0.3, 0.4) is 0 Å². The lowest BCUT2D eigenvalue weighted by Crippen LogP contribution is -2.56. The molecule has 2 saturated heterocycles. The number of ether oxygens (including phenoxy) is 1. The van der Waals surface area contributed by atoms with Gasteiger partial charge in [-0.05, 0) is 30.2 Å². The molecular formula is C22H34N4O2. The molecule has 1 aromatic rings. The van der Waals surface area contributed by atoms with E-state index >= 15 is 0 Å². The van der Waals surface area contributed by atoms with E-state index in [2.05, 4.69) is 59.4 Å². The standard InChI is InChI=1S/C22H34N4O2/c1-22(2,16-18-8-5-4-6-9-18)17-24-21(23-3)26-13-11-25(12-14-26)20(27)19-10-7-15-28-19/h4-6,8-9,19H,7,10-17H2,1-3H3,(H,23,24). The van der Waals surface area contributed by atoms with Gasteiger partial charge in [0.05, 0.1) is 0 Å². The van der Waals surface area contributed by atoms with Gasteiger partial charge >= 0.3 is 0 Å². The highest BCUT2D eigenvalue weighted by Gasteiger charge is 2.31. The minimum atomic E-state index is -0.220. The van der Waals surface area contributed by atoms with E-state index in [4.69, 9.17) is 4.74 Å². The average molecular weight is 387 g/mol. The highest BCUT2D eigenvalue weighted by Crippen LogP contribution is 2.21. The molecule has 2 fully saturated rings. The Morgan fingerprint density at radius 1 is 1.18 bits per heavy atom. The first-order chi connectivity index (χ1) is 13.5. The number of hydrogen-bond donors (Lipinski definition) is 1. The number of benzene rings is 1. The van der Waals surface area contributed by atoms with Crippen LogP contribution in [0.5, 0.6) is 0 Å². The first-order valence-electron chi connectivity index (χ1n) is 10.4. The molecule has 0 bridgehead atoms. The average Bonchev–Trinajstić information content (AvgIpc) is 3.23. The summed E-state index contributed by atoms with van der Waals surface area (Å²) in [6.45, 7) is 9.18. The Morgan fingerprint density at radius 3 is 2.46 bits per heavy atom. The number of rotatable bonds is 5. The summed E-state index contributed by atoms with van der Waals surface area (Å²) in [6.07, 6.45) is 2.65. The molecule has 0 spiro atoms. The molecule has 1 N–H and O–H groups in total. The number of carbonyl (C=O) groups excluding carboxylic acids is 1. The maximum Gasteiger partial charge on any atom is 0.251 e. The molecule has 154 valence electrons. The SMILES string of the molecule is CN=C(NCC(C)(C)Cc1ccccc1)N1CCN(C(=O)C2CCCO2)CC1. The molecule has 1 atom stereocenters. The summed E-state index contributed by atoms with van der Waals surface area (Å²) in [6, 6.07) is 10.6. The van der Waals surface area contributed by atoms with Gasteiger partial charge in [0.15, 0.2) is 5.96 Å². The molecule has 1 amide bonds. The molecule has 28 heavy (non-hydrogen) atoms. The highest BCUT2D eigenvalue weighted by molar-refractivity contribution is 5.82. The number of nitrogens with zero attached hydrogens (tertiary/aromatic N) is 3. The fourth-order valence-electron chi connectivity index (χ4n) is 3.98. The number of hydrogen-bond acceptors (Lipinski definition) is 3. The maximum atomic E-state index is 12.5. The quantitative estimate of drug-likeness (QED) is 0.622. The van der Waals surface area contributed by atoms with Gasteiger partial charge in [0, 0.05) is 46.4 Å². The lowest BCUT2D eigenvalue weighted by Gasteiger charge is -2.38. The van der Waals surface area contributed by atoms with E-state index in [1.54, 1.807) is 0 Å². The molecule has 2 aliphatic heterocycles. The first-order valence-corrected chi connectivity index (χ1v) is 10.4. The van der Waals surface area contributed by atoms with Gasteiger partial charge in [-0.15, -0.1) is 0 Å². The van der Waals surface area contributed by atoms with Crippen molar-refractivity contribution in [3.05, 3.63) is 35.9 Å². The smallest absolute Gasteiger partial charge is 0.251 e. The van der Waals surface area contributed by atoms with Gasteiger partial charge in [-0.3, -0.25) is 9.79 Å². The van der Waals surface area contributed by atoms with Crippen LogP contribution in [0.15, 0.2) is 35.3 Å². The minimum Gasteiger partial charge on any atom is -0.368 e. The normalized spacial score (nSPS) is 21.1. The van der Waals surface area contributed by atoms with Gasteiger partial charge in [0.25, 0.3) is 5.91 Å². The predicted molar refractivity (Wildman–Crippen MR) is 112 cm³/mol. The van der Waals surface area contributed by atoms with Crippen LogP contribution in [0.25, 0.3) is 0 Å². The van der Waals surface area contributed by atoms with E-state index in [-0.39, 0.29) is 17.4 Å². The number of nitrogens with one attached hydrogen (secondary N) is 1. The van der Waals surface area contributed by atoms with Crippen LogP contribution in [0.1, 0.15) is 32.3 Å². The third-order valence-corrected chi connectivity index (χ3v) is 5.56. The summed E-state index contributed by atoms with van der Waals surface area (Å²) in [7, 11) is 1.83. The second-order valence-corrected chi connectivity index (χ2v) is 8.54. The Hall–Kier alpha value is -2.08. The van der Waals surface area contributed by atoms with Crippen LogP contribution in [-0.4, -0.2) is 74.1 Å². The second-order valence-electron chi connectivity index (χ2n) is 8.54. The van der Waals surface area contributed by atoms with E-state index in [9.17, 15) is 4.79 Å². The Kier molecular flexibility index (Phi) is 6.94. The fraction of sp³-hybridized carbons (Fsp3) is 0.636. The van der Waals surface area contributed by atoms with Crippen molar-refractivity contribution in [2.75, 3.05) is 46.4 Å². The summed E-state index contributed by atoms with van der Waals surface area (Å²) in [4.78, 5) is 21.2. The van der Waals surface area contributed by atoms with Gasteiger partial charge in [0.2, 0.25) is 0 Å². The van der Waals surface area contributed by atoms with E-state index < -0.39 is 0 Å². The van der Waals surface area contributed by atoms with Crippen LogP contribution < -0.4 is 5.32 Å². The molecule has 2 heterocycles. The van der Waals surface area contributed by atoms with Crippen LogP contribution in [0.2, 0.25) is 0 Å². The Labute approximate surface area is 168 Å². The number of aliphatic imine (C=N–C) groups is 1. The van der Waals surface area contributed by atoms with Crippen molar-refractivity contribution in [3.63, 3.8) is 0 Å². The largest absolute Gasteiger partial charge is 0.368 e. The number of amides is 1. The summed E-state index contributed by atoms with van der Waals surface area (Å²) in [5, 5.41) is 3.55. The molecule has 6 heteroatoms. The highest BCUT2D eigenvalue weighted by atomic mass is 16.5. The van der Waals surface area contributed by atoms with E-state index in [1.165, 1.54) is 5.56 Å². The Bertz CT molecular complexity index is 660. The lowest BCUT2D eigenvalue weighted by molar-refractivity contribution is -0.142. The maximum absolute atomic E-state index is 12.5. The van der Waals surface area contributed by atoms with Gasteiger partial charge in [-0.2, -0.15) is 0 Å². The van der Waals surface area contributed by atoms with Crippen molar-refractivity contribution in [3.8, 4) is 0 Å². The van der Waals surface area contributed by atoms with Gasteiger partial charge in [-0.25, -0.2) is 0 Å². The third kappa shape index (κ3) is 5.47. The third-order valence-electron chi connectivity index (χ3n) is 5.56. The van der Waals surface area contributed by atoms with Crippen LogP contribution in [-0.2, 0) is 16.0 Å². The van der Waals surface area contributed by atoms with Crippen molar-refractivity contribution in [1.82, 2.24) is 15.1 Å². The zero-order valence-electron chi connectivity index (χ0n) is 17.5. The summed E-state index contributed by atoms with van der Waals surface area (Å²) in [5.41, 5.74) is 1.47. The fourth-order valence-corrected chi connectivity index (χ4v) is 3.98. The van der Waals surface area contributed by atoms with E-state index in [0.717, 1.165) is 57.9 Å². The summed E-state index contributed by atoms with van der Waals surface area (Å²) < 4.78 is 5.55. The molecular weight excluding hydrogens is 352 g/mol. The zero-order valence-corrected chi connectivity index (χ0v) is 17.5. The molecule has 6 nitrogen and oxygen atoms in total. The molecule has 1 aromatic carbocycles.